The molecular weight excluding hydrogens is 222 g/mol. The Hall–Kier alpha value is -2.18. The first-order chi connectivity index (χ1) is 8.09. The highest BCUT2D eigenvalue weighted by Crippen LogP contribution is 2.20. The summed E-state index contributed by atoms with van der Waals surface area (Å²) in [5.41, 5.74) is 1.43. The van der Waals surface area contributed by atoms with Gasteiger partial charge in [-0.2, -0.15) is 5.21 Å². The van der Waals surface area contributed by atoms with E-state index in [0.717, 1.165) is 11.3 Å². The molecule has 0 saturated heterocycles. The topological polar surface area (TPSA) is 96.7 Å². The van der Waals surface area contributed by atoms with Crippen LogP contribution in [-0.4, -0.2) is 26.5 Å². The van der Waals surface area contributed by atoms with Gasteiger partial charge in [-0.15, -0.1) is 10.2 Å². The molecule has 0 aromatic carbocycles. The number of nitrogens with one attached hydrogen (secondary N) is 2. The average Bonchev–Trinajstić information content (AvgIpc) is 2.86. The van der Waals surface area contributed by atoms with Crippen LogP contribution in [0.3, 0.4) is 0 Å². The number of hydrogen-bond donors (Lipinski definition) is 2. The van der Waals surface area contributed by atoms with Gasteiger partial charge in [0.15, 0.2) is 5.82 Å². The van der Waals surface area contributed by atoms with Gasteiger partial charge in [0.25, 0.3) is 5.91 Å². The first-order valence-corrected chi connectivity index (χ1v) is 5.16. The molecular formula is C10H13N5O2. The number of nitrogens with zero attached hydrogens (tertiary/aromatic N) is 3. The zero-order chi connectivity index (χ0) is 12.4. The van der Waals surface area contributed by atoms with E-state index in [1.165, 1.54) is 0 Å². The molecule has 90 valence electrons. The number of aromatic nitrogens is 4. The van der Waals surface area contributed by atoms with Gasteiger partial charge in [-0.1, -0.05) is 5.21 Å². The molecule has 0 fully saturated rings. The summed E-state index contributed by atoms with van der Waals surface area (Å²) in [5.74, 6) is 1.62. The predicted molar refractivity (Wildman–Crippen MR) is 58.3 cm³/mol. The normalized spacial score (nSPS) is 10.5. The van der Waals surface area contributed by atoms with Gasteiger partial charge in [-0.3, -0.25) is 4.79 Å². The van der Waals surface area contributed by atoms with E-state index in [1.54, 1.807) is 6.92 Å². The molecule has 7 heteroatoms. The molecule has 1 amide bonds. The van der Waals surface area contributed by atoms with E-state index in [2.05, 4.69) is 25.9 Å². The third-order valence-corrected chi connectivity index (χ3v) is 2.58. The van der Waals surface area contributed by atoms with E-state index in [-0.39, 0.29) is 12.5 Å². The average molecular weight is 235 g/mol. The zero-order valence-electron chi connectivity index (χ0n) is 9.87. The highest BCUT2D eigenvalue weighted by molar-refractivity contribution is 5.96. The Balaban J connectivity index is 2.10. The van der Waals surface area contributed by atoms with Gasteiger partial charge in [0.1, 0.15) is 11.5 Å². The van der Waals surface area contributed by atoms with Crippen LogP contribution in [0.15, 0.2) is 4.42 Å². The van der Waals surface area contributed by atoms with Crippen molar-refractivity contribution in [2.45, 2.75) is 27.3 Å². The maximum atomic E-state index is 11.9. The number of aromatic amines is 1. The standard InChI is InChI=1S/C10H13N5O2/c1-5-6(2)17-7(3)9(5)10(16)11-4-8-12-14-15-13-8/h4H2,1-3H3,(H,11,16)(H,12,13,14,15). The fourth-order valence-electron chi connectivity index (χ4n) is 1.63. The first kappa shape index (κ1) is 11.3. The van der Waals surface area contributed by atoms with E-state index < -0.39 is 0 Å². The number of aryl methyl sites for hydroxylation is 2. The maximum absolute atomic E-state index is 11.9. The summed E-state index contributed by atoms with van der Waals surface area (Å²) in [6.07, 6.45) is 0. The highest BCUT2D eigenvalue weighted by atomic mass is 16.3. The Morgan fingerprint density at radius 3 is 2.65 bits per heavy atom. The molecule has 7 nitrogen and oxygen atoms in total. The number of H-pyrrole nitrogens is 1. The van der Waals surface area contributed by atoms with Crippen LogP contribution >= 0.6 is 0 Å². The molecule has 17 heavy (non-hydrogen) atoms. The molecule has 0 atom stereocenters. The largest absolute Gasteiger partial charge is 0.466 e. The fraction of sp³-hybridized carbons (Fsp3) is 0.400. The molecule has 0 saturated carbocycles. The molecule has 0 aliphatic carbocycles. The van der Waals surface area contributed by atoms with Crippen LogP contribution < -0.4 is 5.32 Å². The Bertz CT molecular complexity index is 529. The van der Waals surface area contributed by atoms with Gasteiger partial charge in [0, 0.05) is 5.56 Å². The van der Waals surface area contributed by atoms with Crippen molar-refractivity contribution in [2.75, 3.05) is 0 Å². The van der Waals surface area contributed by atoms with Gasteiger partial charge in [0.2, 0.25) is 0 Å². The van der Waals surface area contributed by atoms with Crippen LogP contribution in [0.25, 0.3) is 0 Å². The molecule has 2 N–H and O–H groups in total. The van der Waals surface area contributed by atoms with Gasteiger partial charge in [-0.05, 0) is 20.8 Å². The minimum atomic E-state index is -0.193. The number of amides is 1. The van der Waals surface area contributed by atoms with Crippen molar-refractivity contribution in [3.8, 4) is 0 Å². The number of carbonyl (C=O) groups excluding carboxylic acids is 1. The van der Waals surface area contributed by atoms with Crippen molar-refractivity contribution in [1.29, 1.82) is 0 Å². The second-order valence-electron chi connectivity index (χ2n) is 3.73. The Labute approximate surface area is 97.6 Å². The quantitative estimate of drug-likeness (QED) is 0.814. The molecule has 0 spiro atoms. The lowest BCUT2D eigenvalue weighted by Crippen LogP contribution is -2.24. The third-order valence-electron chi connectivity index (χ3n) is 2.58. The third kappa shape index (κ3) is 2.17. The Kier molecular flexibility index (Phi) is 2.90. The van der Waals surface area contributed by atoms with Gasteiger partial charge >= 0.3 is 0 Å². The minimum Gasteiger partial charge on any atom is -0.466 e. The lowest BCUT2D eigenvalue weighted by molar-refractivity contribution is 0.0948. The van der Waals surface area contributed by atoms with E-state index in [4.69, 9.17) is 4.42 Å². The van der Waals surface area contributed by atoms with Crippen molar-refractivity contribution in [3.63, 3.8) is 0 Å². The molecule has 0 unspecified atom stereocenters. The Morgan fingerprint density at radius 2 is 2.12 bits per heavy atom. The summed E-state index contributed by atoms with van der Waals surface area (Å²) in [7, 11) is 0. The molecule has 0 bridgehead atoms. The van der Waals surface area contributed by atoms with E-state index >= 15 is 0 Å². The summed E-state index contributed by atoms with van der Waals surface area (Å²) in [4.78, 5) is 11.9. The van der Waals surface area contributed by atoms with Crippen LogP contribution in [0.2, 0.25) is 0 Å². The van der Waals surface area contributed by atoms with Crippen LogP contribution in [0.5, 0.6) is 0 Å². The van der Waals surface area contributed by atoms with Crippen molar-refractivity contribution < 1.29 is 9.21 Å². The Morgan fingerprint density at radius 1 is 1.35 bits per heavy atom. The molecule has 0 aliphatic heterocycles. The van der Waals surface area contributed by atoms with Crippen molar-refractivity contribution >= 4 is 5.91 Å². The van der Waals surface area contributed by atoms with E-state index in [0.29, 0.717) is 17.1 Å². The van der Waals surface area contributed by atoms with Crippen molar-refractivity contribution in [1.82, 2.24) is 25.9 Å². The van der Waals surface area contributed by atoms with Crippen molar-refractivity contribution in [2.24, 2.45) is 0 Å². The molecule has 0 aliphatic rings. The van der Waals surface area contributed by atoms with Crippen LogP contribution in [-0.2, 0) is 6.54 Å². The summed E-state index contributed by atoms with van der Waals surface area (Å²) in [6.45, 7) is 5.69. The molecule has 2 aromatic rings. The summed E-state index contributed by atoms with van der Waals surface area (Å²) >= 11 is 0. The van der Waals surface area contributed by atoms with Crippen LogP contribution in [0.4, 0.5) is 0 Å². The second kappa shape index (κ2) is 4.36. The smallest absolute Gasteiger partial charge is 0.255 e. The van der Waals surface area contributed by atoms with Crippen molar-refractivity contribution in [3.05, 3.63) is 28.5 Å². The fourth-order valence-corrected chi connectivity index (χ4v) is 1.63. The number of hydrogen-bond acceptors (Lipinski definition) is 5. The minimum absolute atomic E-state index is 0.193. The lowest BCUT2D eigenvalue weighted by atomic mass is 10.1. The molecule has 0 radical (unpaired) electrons. The van der Waals surface area contributed by atoms with Gasteiger partial charge in [-0.25, -0.2) is 0 Å². The summed E-state index contributed by atoms with van der Waals surface area (Å²) < 4.78 is 5.39. The van der Waals surface area contributed by atoms with Gasteiger partial charge < -0.3 is 9.73 Å². The molecule has 2 rings (SSSR count). The zero-order valence-corrected chi connectivity index (χ0v) is 9.87. The van der Waals surface area contributed by atoms with Crippen LogP contribution in [0, 0.1) is 20.8 Å². The number of furan rings is 1. The van der Waals surface area contributed by atoms with Crippen LogP contribution in [0.1, 0.15) is 33.3 Å². The summed E-state index contributed by atoms with van der Waals surface area (Å²) in [5, 5.41) is 15.9. The number of carbonyl (C=O) groups is 1. The molecule has 2 aromatic heterocycles. The highest BCUT2D eigenvalue weighted by Gasteiger charge is 2.18. The number of rotatable bonds is 3. The molecule has 2 heterocycles. The monoisotopic (exact) mass is 235 g/mol. The second-order valence-corrected chi connectivity index (χ2v) is 3.73. The van der Waals surface area contributed by atoms with E-state index in [1.807, 2.05) is 13.8 Å². The SMILES string of the molecule is Cc1oc(C)c(C(=O)NCc2nn[nH]n2)c1C. The first-order valence-electron chi connectivity index (χ1n) is 5.16. The lowest BCUT2D eigenvalue weighted by Gasteiger charge is -2.02. The van der Waals surface area contributed by atoms with E-state index in [9.17, 15) is 4.79 Å². The van der Waals surface area contributed by atoms with Gasteiger partial charge in [0.05, 0.1) is 12.1 Å². The number of tetrazole rings is 1. The predicted octanol–water partition coefficient (Wildman–Crippen LogP) is 0.648. The maximum Gasteiger partial charge on any atom is 0.255 e. The summed E-state index contributed by atoms with van der Waals surface area (Å²) in [6, 6.07) is 0.